The minimum atomic E-state index is -1.23. The van der Waals surface area contributed by atoms with E-state index >= 15 is 0 Å². The Balaban J connectivity index is 2.14. The van der Waals surface area contributed by atoms with Gasteiger partial charge in [-0.05, 0) is 0 Å². The Bertz CT molecular complexity index is 696. The largest absolute Gasteiger partial charge is 0.394 e. The van der Waals surface area contributed by atoms with Crippen LogP contribution in [0.2, 0.25) is 0 Å². The maximum absolute atomic E-state index is 11.7. The normalized spacial score (nSPS) is 30.2. The molecule has 4 atom stereocenters. The van der Waals surface area contributed by atoms with Crippen molar-refractivity contribution in [2.24, 2.45) is 7.05 Å². The Hall–Kier alpha value is -1.81. The predicted octanol–water partition coefficient (Wildman–Crippen LogP) is -2.19. The fraction of sp³-hybridized carbons (Fsp3) is 0.545. The van der Waals surface area contributed by atoms with Crippen molar-refractivity contribution in [2.75, 3.05) is 6.61 Å². The van der Waals surface area contributed by atoms with Crippen LogP contribution in [0, 0.1) is 0 Å². The van der Waals surface area contributed by atoms with E-state index in [0.717, 1.165) is 0 Å². The highest BCUT2D eigenvalue weighted by Gasteiger charge is 2.45. The van der Waals surface area contributed by atoms with Crippen LogP contribution >= 0.6 is 0 Å². The molecule has 0 unspecified atom stereocenters. The number of fused-ring (bicyclic) bond motifs is 1. The molecule has 0 aromatic carbocycles. The van der Waals surface area contributed by atoms with Crippen LogP contribution in [0.15, 0.2) is 11.1 Å². The lowest BCUT2D eigenvalue weighted by atomic mass is 10.1. The van der Waals surface area contributed by atoms with Crippen LogP contribution in [0.3, 0.4) is 0 Å². The number of nitrogens with one attached hydrogen (secondary N) is 1. The number of aromatic nitrogens is 4. The summed E-state index contributed by atoms with van der Waals surface area (Å²) in [6.45, 7) is -0.418. The minimum absolute atomic E-state index is 0.128. The second-order valence-electron chi connectivity index (χ2n) is 4.70. The first-order valence-electron chi connectivity index (χ1n) is 6.07. The van der Waals surface area contributed by atoms with Crippen LogP contribution < -0.4 is 5.56 Å². The second kappa shape index (κ2) is 4.63. The number of hydrogen-bond donors (Lipinski definition) is 4. The third-order valence-corrected chi connectivity index (χ3v) is 3.48. The highest BCUT2D eigenvalue weighted by Crippen LogP contribution is 2.35. The number of rotatable bonds is 2. The molecule has 2 aromatic heterocycles. The lowest BCUT2D eigenvalue weighted by molar-refractivity contribution is -0.0246. The van der Waals surface area contributed by atoms with Crippen molar-refractivity contribution in [1.29, 1.82) is 0 Å². The summed E-state index contributed by atoms with van der Waals surface area (Å²) in [5.41, 5.74) is 0.408. The summed E-state index contributed by atoms with van der Waals surface area (Å²) in [6.07, 6.45) is -3.01. The smallest absolute Gasteiger partial charge is 0.279 e. The van der Waals surface area contributed by atoms with Gasteiger partial charge in [-0.1, -0.05) is 0 Å². The van der Waals surface area contributed by atoms with Gasteiger partial charge in [-0.25, -0.2) is 4.98 Å². The molecule has 1 aliphatic rings. The van der Waals surface area contributed by atoms with E-state index in [1.165, 1.54) is 11.0 Å². The number of H-pyrrole nitrogens is 1. The molecule has 20 heavy (non-hydrogen) atoms. The predicted molar refractivity (Wildman–Crippen MR) is 65.8 cm³/mol. The molecule has 3 rings (SSSR count). The van der Waals surface area contributed by atoms with E-state index in [9.17, 15) is 15.0 Å². The zero-order valence-electron chi connectivity index (χ0n) is 10.6. The first-order chi connectivity index (χ1) is 9.54. The summed E-state index contributed by atoms with van der Waals surface area (Å²) >= 11 is 0. The molecule has 108 valence electrons. The monoisotopic (exact) mass is 282 g/mol. The third kappa shape index (κ3) is 1.75. The lowest BCUT2D eigenvalue weighted by Gasteiger charge is -2.14. The van der Waals surface area contributed by atoms with Crippen molar-refractivity contribution < 1.29 is 20.1 Å². The molecule has 9 heteroatoms. The van der Waals surface area contributed by atoms with Crippen molar-refractivity contribution in [3.8, 4) is 0 Å². The van der Waals surface area contributed by atoms with E-state index in [4.69, 9.17) is 9.84 Å². The summed E-state index contributed by atoms with van der Waals surface area (Å²) < 4.78 is 6.83. The van der Waals surface area contributed by atoms with Gasteiger partial charge in [0, 0.05) is 7.05 Å². The van der Waals surface area contributed by atoms with E-state index in [1.807, 2.05) is 0 Å². The number of aryl methyl sites for hydroxylation is 1. The van der Waals surface area contributed by atoms with Crippen molar-refractivity contribution in [2.45, 2.75) is 24.4 Å². The fourth-order valence-electron chi connectivity index (χ4n) is 2.47. The summed E-state index contributed by atoms with van der Waals surface area (Å²) in [7, 11) is 1.59. The summed E-state index contributed by atoms with van der Waals surface area (Å²) in [4.78, 5) is 18.1. The van der Waals surface area contributed by atoms with E-state index in [1.54, 1.807) is 7.05 Å². The minimum Gasteiger partial charge on any atom is -0.394 e. The molecule has 9 nitrogen and oxygen atoms in total. The van der Waals surface area contributed by atoms with Crippen LogP contribution in [0.5, 0.6) is 0 Å². The Kier molecular flexibility index (Phi) is 3.05. The van der Waals surface area contributed by atoms with Gasteiger partial charge in [0.05, 0.1) is 18.6 Å². The zero-order valence-corrected chi connectivity index (χ0v) is 10.6. The summed E-state index contributed by atoms with van der Waals surface area (Å²) in [5, 5.41) is 33.0. The van der Waals surface area contributed by atoms with Gasteiger partial charge in [-0.3, -0.25) is 9.48 Å². The maximum atomic E-state index is 11.7. The summed E-state index contributed by atoms with van der Waals surface area (Å²) in [5.74, 6) is 0. The molecule has 1 saturated heterocycles. The van der Waals surface area contributed by atoms with E-state index in [-0.39, 0.29) is 5.52 Å². The molecule has 0 saturated carbocycles. The van der Waals surface area contributed by atoms with Gasteiger partial charge in [-0.2, -0.15) is 5.10 Å². The van der Waals surface area contributed by atoms with Gasteiger partial charge in [0.2, 0.25) is 0 Å². The average Bonchev–Trinajstić information content (AvgIpc) is 2.90. The summed E-state index contributed by atoms with van der Waals surface area (Å²) in [6, 6.07) is 0. The highest BCUT2D eigenvalue weighted by molar-refractivity contribution is 5.76. The molecule has 0 radical (unpaired) electrons. The van der Waals surface area contributed by atoms with Crippen LogP contribution in [0.4, 0.5) is 0 Å². The number of nitrogens with zero attached hydrogens (tertiary/aromatic N) is 3. The van der Waals surface area contributed by atoms with Gasteiger partial charge in [-0.15, -0.1) is 0 Å². The Morgan fingerprint density at radius 1 is 1.40 bits per heavy atom. The van der Waals surface area contributed by atoms with Gasteiger partial charge in [0.1, 0.15) is 29.9 Å². The second-order valence-corrected chi connectivity index (χ2v) is 4.70. The molecule has 0 bridgehead atoms. The number of ether oxygens (including phenoxy) is 1. The first-order valence-corrected chi connectivity index (χ1v) is 6.07. The molecule has 3 heterocycles. The zero-order chi connectivity index (χ0) is 14.4. The Labute approximate surface area is 112 Å². The topological polar surface area (TPSA) is 133 Å². The van der Waals surface area contributed by atoms with Crippen molar-refractivity contribution in [1.82, 2.24) is 19.7 Å². The molecular weight excluding hydrogens is 268 g/mol. The molecule has 0 spiro atoms. The molecule has 0 aliphatic carbocycles. The quantitative estimate of drug-likeness (QED) is 0.491. The highest BCUT2D eigenvalue weighted by atomic mass is 16.6. The third-order valence-electron chi connectivity index (χ3n) is 3.48. The maximum Gasteiger partial charge on any atom is 0.279 e. The van der Waals surface area contributed by atoms with Crippen molar-refractivity contribution >= 4 is 11.0 Å². The number of aliphatic hydroxyl groups excluding tert-OH is 3. The van der Waals surface area contributed by atoms with Crippen molar-refractivity contribution in [3.05, 3.63) is 22.4 Å². The molecule has 4 N–H and O–H groups in total. The van der Waals surface area contributed by atoms with Gasteiger partial charge in [0.25, 0.3) is 5.56 Å². The van der Waals surface area contributed by atoms with Crippen LogP contribution in [0.1, 0.15) is 11.8 Å². The Morgan fingerprint density at radius 2 is 2.15 bits per heavy atom. The number of aromatic amines is 1. The molecular formula is C11H14N4O5. The van der Waals surface area contributed by atoms with E-state index < -0.39 is 36.6 Å². The molecule has 1 aliphatic heterocycles. The lowest BCUT2D eigenvalue weighted by Crippen LogP contribution is -2.32. The van der Waals surface area contributed by atoms with E-state index in [0.29, 0.717) is 11.2 Å². The van der Waals surface area contributed by atoms with Gasteiger partial charge < -0.3 is 25.0 Å². The number of aliphatic hydroxyl groups is 3. The molecule has 2 aromatic rings. The standard InChI is InChI=1S/C11H14N4O5/c1-15-7(5-6(14-15)11(19)13-3-12-5)10-9(18)8(17)4(2-16)20-10/h3-4,8-10,16-18H,2H2,1H3,(H,12,13,19)/t4-,8-,9-,10+/m1/s1. The van der Waals surface area contributed by atoms with Crippen LogP contribution in [-0.2, 0) is 11.8 Å². The van der Waals surface area contributed by atoms with Gasteiger partial charge >= 0.3 is 0 Å². The van der Waals surface area contributed by atoms with Gasteiger partial charge in [0.15, 0.2) is 5.52 Å². The van der Waals surface area contributed by atoms with Crippen LogP contribution in [-0.4, -0.2) is 60.0 Å². The SMILES string of the molecule is Cn1nc2c(=O)[nH]cnc2c1[C@@H]1O[C@H](CO)[C@@H](O)[C@H]1O. The first kappa shape index (κ1) is 13.2. The number of hydrogen-bond acceptors (Lipinski definition) is 7. The molecule has 0 amide bonds. The molecule has 1 fully saturated rings. The van der Waals surface area contributed by atoms with Crippen LogP contribution in [0.25, 0.3) is 11.0 Å². The van der Waals surface area contributed by atoms with Crippen molar-refractivity contribution in [3.63, 3.8) is 0 Å². The Morgan fingerprint density at radius 3 is 2.80 bits per heavy atom. The van der Waals surface area contributed by atoms with E-state index in [2.05, 4.69) is 15.1 Å². The average molecular weight is 282 g/mol. The fourth-order valence-corrected chi connectivity index (χ4v) is 2.47.